The van der Waals surface area contributed by atoms with Crippen molar-refractivity contribution < 1.29 is 9.90 Å². The molecule has 0 spiro atoms. The van der Waals surface area contributed by atoms with Gasteiger partial charge in [0, 0.05) is 13.0 Å². The lowest BCUT2D eigenvalue weighted by atomic mass is 9.87. The summed E-state index contributed by atoms with van der Waals surface area (Å²) in [6, 6.07) is 10.3. The Kier molecular flexibility index (Phi) is 6.06. The average molecular weight is 275 g/mol. The summed E-state index contributed by atoms with van der Waals surface area (Å²) in [4.78, 5) is 11.8. The lowest BCUT2D eigenvalue weighted by Gasteiger charge is -2.25. The minimum absolute atomic E-state index is 0.118. The maximum absolute atomic E-state index is 11.8. The Balaban J connectivity index is 1.56. The van der Waals surface area contributed by atoms with Gasteiger partial charge in [0.1, 0.15) is 0 Å². The molecular formula is C17H25NO2. The number of carbonyl (C=O) groups is 1. The standard InChI is InChI=1S/C17H25NO2/c19-16-11-9-15(10-12-16)13-18-17(20)8-4-7-14-5-2-1-3-6-14/h1-3,5-6,15-16,19H,4,7-13H2,(H,18,20). The van der Waals surface area contributed by atoms with E-state index >= 15 is 0 Å². The summed E-state index contributed by atoms with van der Waals surface area (Å²) in [5.74, 6) is 0.712. The number of aliphatic hydroxyl groups is 1. The molecule has 110 valence electrons. The molecule has 2 rings (SSSR count). The van der Waals surface area contributed by atoms with Crippen LogP contribution < -0.4 is 5.32 Å². The molecule has 0 aromatic heterocycles. The molecule has 1 aromatic rings. The van der Waals surface area contributed by atoms with E-state index in [1.165, 1.54) is 5.56 Å². The van der Waals surface area contributed by atoms with Crippen LogP contribution in [0.3, 0.4) is 0 Å². The van der Waals surface area contributed by atoms with Crippen molar-refractivity contribution in [2.24, 2.45) is 5.92 Å². The Labute approximate surface area is 121 Å². The zero-order valence-corrected chi connectivity index (χ0v) is 12.1. The van der Waals surface area contributed by atoms with E-state index in [1.54, 1.807) is 0 Å². The Bertz CT molecular complexity index is 397. The Morgan fingerprint density at radius 1 is 1.15 bits per heavy atom. The molecule has 0 atom stereocenters. The topological polar surface area (TPSA) is 49.3 Å². The number of benzene rings is 1. The minimum atomic E-state index is -0.118. The van der Waals surface area contributed by atoms with Crippen molar-refractivity contribution in [3.8, 4) is 0 Å². The van der Waals surface area contributed by atoms with Crippen LogP contribution in [-0.4, -0.2) is 23.7 Å². The van der Waals surface area contributed by atoms with Crippen molar-refractivity contribution >= 4 is 5.91 Å². The van der Waals surface area contributed by atoms with Gasteiger partial charge in [0.2, 0.25) is 5.91 Å². The number of hydrogen-bond acceptors (Lipinski definition) is 2. The summed E-state index contributed by atoms with van der Waals surface area (Å²) in [6.07, 6.45) is 6.18. The van der Waals surface area contributed by atoms with E-state index in [0.29, 0.717) is 12.3 Å². The molecular weight excluding hydrogens is 250 g/mol. The highest BCUT2D eigenvalue weighted by Crippen LogP contribution is 2.23. The molecule has 2 N–H and O–H groups in total. The second kappa shape index (κ2) is 8.05. The first kappa shape index (κ1) is 15.0. The fourth-order valence-electron chi connectivity index (χ4n) is 2.79. The van der Waals surface area contributed by atoms with E-state index in [1.807, 2.05) is 18.2 Å². The van der Waals surface area contributed by atoms with Gasteiger partial charge in [0.25, 0.3) is 0 Å². The summed E-state index contributed by atoms with van der Waals surface area (Å²) in [6.45, 7) is 0.775. The molecule has 0 heterocycles. The van der Waals surface area contributed by atoms with Gasteiger partial charge in [-0.15, -0.1) is 0 Å². The number of rotatable bonds is 6. The SMILES string of the molecule is O=C(CCCc1ccccc1)NCC1CCC(O)CC1. The van der Waals surface area contributed by atoms with E-state index in [9.17, 15) is 9.90 Å². The van der Waals surface area contributed by atoms with Crippen LogP contribution in [0.4, 0.5) is 0 Å². The van der Waals surface area contributed by atoms with Gasteiger partial charge in [-0.3, -0.25) is 4.79 Å². The van der Waals surface area contributed by atoms with Crippen LogP contribution in [0.25, 0.3) is 0 Å². The maximum atomic E-state index is 11.8. The molecule has 3 heteroatoms. The van der Waals surface area contributed by atoms with E-state index in [2.05, 4.69) is 17.4 Å². The maximum Gasteiger partial charge on any atom is 0.220 e. The first-order valence-electron chi connectivity index (χ1n) is 7.72. The van der Waals surface area contributed by atoms with Crippen molar-refractivity contribution in [3.05, 3.63) is 35.9 Å². The average Bonchev–Trinajstić information content (AvgIpc) is 2.48. The third-order valence-corrected chi connectivity index (χ3v) is 4.12. The second-order valence-corrected chi connectivity index (χ2v) is 5.82. The highest BCUT2D eigenvalue weighted by atomic mass is 16.3. The molecule has 1 amide bonds. The highest BCUT2D eigenvalue weighted by Gasteiger charge is 2.19. The van der Waals surface area contributed by atoms with Gasteiger partial charge in [-0.25, -0.2) is 0 Å². The Morgan fingerprint density at radius 3 is 2.55 bits per heavy atom. The summed E-state index contributed by atoms with van der Waals surface area (Å²) >= 11 is 0. The summed E-state index contributed by atoms with van der Waals surface area (Å²) in [7, 11) is 0. The molecule has 1 aliphatic rings. The molecule has 0 aliphatic heterocycles. The number of amides is 1. The van der Waals surface area contributed by atoms with Crippen LogP contribution in [0.1, 0.15) is 44.1 Å². The third-order valence-electron chi connectivity index (χ3n) is 4.12. The number of carbonyl (C=O) groups excluding carboxylic acids is 1. The fourth-order valence-corrected chi connectivity index (χ4v) is 2.79. The molecule has 0 radical (unpaired) electrons. The molecule has 20 heavy (non-hydrogen) atoms. The molecule has 1 aliphatic carbocycles. The largest absolute Gasteiger partial charge is 0.393 e. The third kappa shape index (κ3) is 5.33. The van der Waals surface area contributed by atoms with Gasteiger partial charge in [-0.1, -0.05) is 30.3 Å². The van der Waals surface area contributed by atoms with Crippen molar-refractivity contribution in [2.45, 2.75) is 51.0 Å². The molecule has 0 bridgehead atoms. The van der Waals surface area contributed by atoms with Crippen molar-refractivity contribution in [3.63, 3.8) is 0 Å². The van der Waals surface area contributed by atoms with Crippen LogP contribution in [0, 0.1) is 5.92 Å². The van der Waals surface area contributed by atoms with Crippen LogP contribution >= 0.6 is 0 Å². The lowest BCUT2D eigenvalue weighted by molar-refractivity contribution is -0.121. The summed E-state index contributed by atoms with van der Waals surface area (Å²) in [5.41, 5.74) is 1.29. The second-order valence-electron chi connectivity index (χ2n) is 5.82. The zero-order valence-electron chi connectivity index (χ0n) is 12.1. The lowest BCUT2D eigenvalue weighted by Crippen LogP contribution is -2.32. The van der Waals surface area contributed by atoms with Gasteiger partial charge >= 0.3 is 0 Å². The zero-order chi connectivity index (χ0) is 14.2. The van der Waals surface area contributed by atoms with Gasteiger partial charge in [0.15, 0.2) is 0 Å². The normalized spacial score (nSPS) is 22.4. The van der Waals surface area contributed by atoms with Gasteiger partial charge in [-0.05, 0) is 50.0 Å². The Hall–Kier alpha value is -1.35. The molecule has 3 nitrogen and oxygen atoms in total. The quantitative estimate of drug-likeness (QED) is 0.838. The first-order valence-corrected chi connectivity index (χ1v) is 7.72. The van der Waals surface area contributed by atoms with Gasteiger partial charge in [0.05, 0.1) is 6.10 Å². The molecule has 1 aromatic carbocycles. The predicted octanol–water partition coefficient (Wildman–Crippen LogP) is 2.68. The molecule has 0 unspecified atom stereocenters. The van der Waals surface area contributed by atoms with E-state index in [-0.39, 0.29) is 12.0 Å². The van der Waals surface area contributed by atoms with Crippen LogP contribution in [0.2, 0.25) is 0 Å². The van der Waals surface area contributed by atoms with Crippen molar-refractivity contribution in [2.75, 3.05) is 6.54 Å². The van der Waals surface area contributed by atoms with Crippen molar-refractivity contribution in [1.82, 2.24) is 5.32 Å². The number of aryl methyl sites for hydroxylation is 1. The predicted molar refractivity (Wildman–Crippen MR) is 80.4 cm³/mol. The molecule has 1 saturated carbocycles. The van der Waals surface area contributed by atoms with Crippen LogP contribution in [-0.2, 0) is 11.2 Å². The summed E-state index contributed by atoms with van der Waals surface area (Å²) in [5, 5.41) is 12.5. The molecule has 0 saturated heterocycles. The van der Waals surface area contributed by atoms with Crippen molar-refractivity contribution in [1.29, 1.82) is 0 Å². The summed E-state index contributed by atoms with van der Waals surface area (Å²) < 4.78 is 0. The van der Waals surface area contributed by atoms with Crippen LogP contribution in [0.15, 0.2) is 30.3 Å². The van der Waals surface area contributed by atoms with Gasteiger partial charge in [-0.2, -0.15) is 0 Å². The fraction of sp³-hybridized carbons (Fsp3) is 0.588. The number of hydrogen-bond donors (Lipinski definition) is 2. The highest BCUT2D eigenvalue weighted by molar-refractivity contribution is 5.75. The number of nitrogens with one attached hydrogen (secondary N) is 1. The first-order chi connectivity index (χ1) is 9.74. The van der Waals surface area contributed by atoms with E-state index < -0.39 is 0 Å². The smallest absolute Gasteiger partial charge is 0.220 e. The number of aliphatic hydroxyl groups excluding tert-OH is 1. The van der Waals surface area contributed by atoms with E-state index in [0.717, 1.165) is 45.1 Å². The Morgan fingerprint density at radius 2 is 1.85 bits per heavy atom. The monoisotopic (exact) mass is 275 g/mol. The van der Waals surface area contributed by atoms with E-state index in [4.69, 9.17) is 0 Å². The van der Waals surface area contributed by atoms with Crippen LogP contribution in [0.5, 0.6) is 0 Å². The molecule has 1 fully saturated rings. The van der Waals surface area contributed by atoms with Gasteiger partial charge < -0.3 is 10.4 Å². The minimum Gasteiger partial charge on any atom is -0.393 e.